The number of urea groups is 1. The first-order valence-electron chi connectivity index (χ1n) is 8.11. The molecule has 3 amide bonds. The summed E-state index contributed by atoms with van der Waals surface area (Å²) in [5.74, 6) is -0.947. The molecule has 0 radical (unpaired) electrons. The Hall–Kier alpha value is -3.22. The minimum absolute atomic E-state index is 0.217. The predicted octanol–water partition coefficient (Wildman–Crippen LogP) is 2.62. The van der Waals surface area contributed by atoms with Gasteiger partial charge in [0.1, 0.15) is 11.6 Å². The highest BCUT2D eigenvalue weighted by Crippen LogP contribution is 2.33. The van der Waals surface area contributed by atoms with E-state index in [0.717, 1.165) is 5.56 Å². The number of carbonyl (C=O) groups excluding carboxylic acids is 2. The minimum atomic E-state index is -0.634. The van der Waals surface area contributed by atoms with Gasteiger partial charge in [0.25, 0.3) is 5.91 Å². The van der Waals surface area contributed by atoms with Crippen molar-refractivity contribution >= 4 is 11.9 Å². The van der Waals surface area contributed by atoms with Crippen molar-refractivity contribution in [1.29, 1.82) is 0 Å². The van der Waals surface area contributed by atoms with Crippen LogP contribution in [0, 0.1) is 11.6 Å². The molecule has 2 aromatic carbocycles. The number of hydrogen-bond acceptors (Lipinski definition) is 2. The minimum Gasteiger partial charge on any atom is -0.329 e. The van der Waals surface area contributed by atoms with Gasteiger partial charge in [0.2, 0.25) is 0 Å². The Morgan fingerprint density at radius 1 is 0.962 bits per heavy atom. The largest absolute Gasteiger partial charge is 0.329 e. The van der Waals surface area contributed by atoms with Gasteiger partial charge >= 0.3 is 6.03 Å². The summed E-state index contributed by atoms with van der Waals surface area (Å²) >= 11 is 0. The second-order valence-electron chi connectivity index (χ2n) is 6.26. The van der Waals surface area contributed by atoms with E-state index in [4.69, 9.17) is 0 Å². The molecule has 4 rings (SSSR count). The van der Waals surface area contributed by atoms with Crippen molar-refractivity contribution in [1.82, 2.24) is 15.5 Å². The molecule has 2 heterocycles. The zero-order chi connectivity index (χ0) is 18.3. The highest BCUT2D eigenvalue weighted by atomic mass is 19.1. The van der Waals surface area contributed by atoms with Gasteiger partial charge in [-0.25, -0.2) is 13.6 Å². The Balaban J connectivity index is 1.61. The van der Waals surface area contributed by atoms with Gasteiger partial charge < -0.3 is 15.5 Å². The van der Waals surface area contributed by atoms with Crippen molar-refractivity contribution in [2.45, 2.75) is 12.6 Å². The van der Waals surface area contributed by atoms with E-state index in [1.165, 1.54) is 24.3 Å². The summed E-state index contributed by atoms with van der Waals surface area (Å²) in [6.45, 7) is 0.564. The van der Waals surface area contributed by atoms with E-state index in [9.17, 15) is 18.4 Å². The lowest BCUT2D eigenvalue weighted by atomic mass is 9.96. The van der Waals surface area contributed by atoms with Crippen molar-refractivity contribution in [2.75, 3.05) is 6.54 Å². The van der Waals surface area contributed by atoms with Crippen LogP contribution in [-0.4, -0.2) is 23.4 Å². The van der Waals surface area contributed by atoms with Crippen molar-refractivity contribution < 1.29 is 18.4 Å². The Labute approximate surface area is 148 Å². The van der Waals surface area contributed by atoms with Crippen molar-refractivity contribution in [3.8, 4) is 0 Å². The molecule has 0 fully saturated rings. The van der Waals surface area contributed by atoms with Gasteiger partial charge in [0, 0.05) is 6.54 Å². The molecule has 2 N–H and O–H groups in total. The average molecular weight is 355 g/mol. The van der Waals surface area contributed by atoms with E-state index < -0.39 is 12.1 Å². The molecule has 0 saturated carbocycles. The Bertz CT molecular complexity index is 907. The van der Waals surface area contributed by atoms with E-state index in [1.54, 1.807) is 29.2 Å². The highest BCUT2D eigenvalue weighted by Gasteiger charge is 2.40. The third-order valence-electron chi connectivity index (χ3n) is 4.51. The van der Waals surface area contributed by atoms with E-state index in [-0.39, 0.29) is 24.1 Å². The first-order valence-corrected chi connectivity index (χ1v) is 8.11. The van der Waals surface area contributed by atoms with Crippen LogP contribution in [0.25, 0.3) is 0 Å². The van der Waals surface area contributed by atoms with Crippen LogP contribution < -0.4 is 10.6 Å². The van der Waals surface area contributed by atoms with Crippen LogP contribution in [0.1, 0.15) is 17.2 Å². The summed E-state index contributed by atoms with van der Waals surface area (Å²) < 4.78 is 26.3. The molecular weight excluding hydrogens is 340 g/mol. The summed E-state index contributed by atoms with van der Waals surface area (Å²) in [5.41, 5.74) is 2.40. The number of halogens is 2. The number of hydrogen-bond donors (Lipinski definition) is 2. The zero-order valence-electron chi connectivity index (χ0n) is 13.6. The monoisotopic (exact) mass is 355 g/mol. The fraction of sp³-hybridized carbons (Fsp3) is 0.158. The van der Waals surface area contributed by atoms with Gasteiger partial charge in [0.05, 0.1) is 23.9 Å². The zero-order valence-corrected chi connectivity index (χ0v) is 13.6. The molecule has 2 aliphatic heterocycles. The fourth-order valence-electron chi connectivity index (χ4n) is 3.27. The molecule has 2 aliphatic rings. The molecule has 2 aromatic rings. The smallest absolute Gasteiger partial charge is 0.319 e. The maximum atomic E-state index is 13.2. The van der Waals surface area contributed by atoms with Crippen LogP contribution in [0.5, 0.6) is 0 Å². The maximum Gasteiger partial charge on any atom is 0.319 e. The first kappa shape index (κ1) is 16.3. The van der Waals surface area contributed by atoms with Crippen molar-refractivity contribution in [2.24, 2.45) is 0 Å². The molecular formula is C19H15F2N3O2. The number of nitrogens with one attached hydrogen (secondary N) is 2. The predicted molar refractivity (Wildman–Crippen MR) is 89.7 cm³/mol. The van der Waals surface area contributed by atoms with Gasteiger partial charge in [-0.1, -0.05) is 24.3 Å². The average Bonchev–Trinajstić information content (AvgIpc) is 2.92. The second kappa shape index (κ2) is 6.25. The molecule has 1 unspecified atom stereocenters. The van der Waals surface area contributed by atoms with Gasteiger partial charge in [-0.15, -0.1) is 0 Å². The molecule has 5 nitrogen and oxygen atoms in total. The Morgan fingerprint density at radius 2 is 1.58 bits per heavy atom. The topological polar surface area (TPSA) is 61.4 Å². The quantitative estimate of drug-likeness (QED) is 0.889. The van der Waals surface area contributed by atoms with Crippen LogP contribution >= 0.6 is 0 Å². The SMILES string of the molecule is O=C1NC2=C(C(=O)N(Cc3ccc(F)cc3)C2)C(c2ccc(F)cc2)N1. The third kappa shape index (κ3) is 2.92. The summed E-state index contributed by atoms with van der Waals surface area (Å²) in [4.78, 5) is 26.4. The van der Waals surface area contributed by atoms with Gasteiger partial charge in [-0.3, -0.25) is 4.79 Å². The molecule has 0 saturated heterocycles. The first-order chi connectivity index (χ1) is 12.5. The van der Waals surface area contributed by atoms with E-state index in [1.807, 2.05) is 0 Å². The second-order valence-corrected chi connectivity index (χ2v) is 6.26. The number of amides is 3. The van der Waals surface area contributed by atoms with Crippen LogP contribution in [-0.2, 0) is 11.3 Å². The normalized spacial score (nSPS) is 19.3. The lowest BCUT2D eigenvalue weighted by Crippen LogP contribution is -2.44. The van der Waals surface area contributed by atoms with Gasteiger partial charge in [-0.05, 0) is 35.4 Å². The summed E-state index contributed by atoms with van der Waals surface area (Å²) in [7, 11) is 0. The van der Waals surface area contributed by atoms with E-state index in [0.29, 0.717) is 23.4 Å². The lowest BCUT2D eigenvalue weighted by molar-refractivity contribution is -0.126. The van der Waals surface area contributed by atoms with Gasteiger partial charge in [-0.2, -0.15) is 0 Å². The standard InChI is InChI=1S/C19H15F2N3O2/c20-13-5-1-11(2-6-13)9-24-10-15-16(18(24)25)17(23-19(26)22-15)12-3-7-14(21)8-4-12/h1-8,17H,9-10H2,(H2,22,23,26). The van der Waals surface area contributed by atoms with Crippen molar-refractivity contribution in [3.63, 3.8) is 0 Å². The highest BCUT2D eigenvalue weighted by molar-refractivity contribution is 6.01. The molecule has 26 heavy (non-hydrogen) atoms. The molecule has 0 spiro atoms. The molecule has 7 heteroatoms. The number of rotatable bonds is 3. The maximum absolute atomic E-state index is 13.2. The fourth-order valence-corrected chi connectivity index (χ4v) is 3.27. The Kier molecular flexibility index (Phi) is 3.91. The van der Waals surface area contributed by atoms with Crippen LogP contribution in [0.2, 0.25) is 0 Å². The summed E-state index contributed by atoms with van der Waals surface area (Å²) in [6.07, 6.45) is 0. The molecule has 0 aromatic heterocycles. The van der Waals surface area contributed by atoms with Crippen LogP contribution in [0.3, 0.4) is 0 Å². The van der Waals surface area contributed by atoms with E-state index >= 15 is 0 Å². The molecule has 132 valence electrons. The number of carbonyl (C=O) groups is 2. The van der Waals surface area contributed by atoms with E-state index in [2.05, 4.69) is 10.6 Å². The number of benzene rings is 2. The summed E-state index contributed by atoms with van der Waals surface area (Å²) in [6, 6.07) is 10.6. The molecule has 0 bridgehead atoms. The van der Waals surface area contributed by atoms with Crippen LogP contribution in [0.15, 0.2) is 59.8 Å². The number of nitrogens with zero attached hydrogens (tertiary/aromatic N) is 1. The lowest BCUT2D eigenvalue weighted by Gasteiger charge is -2.25. The Morgan fingerprint density at radius 3 is 2.23 bits per heavy atom. The van der Waals surface area contributed by atoms with Gasteiger partial charge in [0.15, 0.2) is 0 Å². The molecule has 0 aliphatic carbocycles. The van der Waals surface area contributed by atoms with Crippen molar-refractivity contribution in [3.05, 3.63) is 82.6 Å². The molecule has 1 atom stereocenters. The third-order valence-corrected chi connectivity index (χ3v) is 4.51. The van der Waals surface area contributed by atoms with Crippen LogP contribution in [0.4, 0.5) is 13.6 Å². The summed E-state index contributed by atoms with van der Waals surface area (Å²) in [5, 5.41) is 5.40.